The van der Waals surface area contributed by atoms with Crippen LogP contribution in [0.2, 0.25) is 0 Å². The Hall–Kier alpha value is -1.28. The first kappa shape index (κ1) is 8.98. The van der Waals surface area contributed by atoms with Gasteiger partial charge >= 0.3 is 0 Å². The van der Waals surface area contributed by atoms with Gasteiger partial charge in [-0.3, -0.25) is 0 Å². The molecule has 3 rings (SSSR count). The molecule has 0 bridgehead atoms. The fourth-order valence-electron chi connectivity index (χ4n) is 2.60. The van der Waals surface area contributed by atoms with Crippen molar-refractivity contribution in [3.63, 3.8) is 0 Å². The van der Waals surface area contributed by atoms with Crippen LogP contribution in [-0.4, -0.2) is 11.5 Å². The zero-order chi connectivity index (χ0) is 10.3. The molecule has 2 nitrogen and oxygen atoms in total. The summed E-state index contributed by atoms with van der Waals surface area (Å²) in [5.41, 5.74) is 2.67. The lowest BCUT2D eigenvalue weighted by molar-refractivity contribution is 0.507. The summed E-state index contributed by atoms with van der Waals surface area (Å²) in [6.45, 7) is 3.47. The highest BCUT2D eigenvalue weighted by molar-refractivity contribution is 5.83. The van der Waals surface area contributed by atoms with E-state index in [0.717, 1.165) is 12.5 Å². The molecular formula is C13H16N2. The Morgan fingerprint density at radius 1 is 1.27 bits per heavy atom. The van der Waals surface area contributed by atoms with Crippen LogP contribution in [0.1, 0.15) is 24.9 Å². The molecule has 0 spiro atoms. The Labute approximate surface area is 89.7 Å². The van der Waals surface area contributed by atoms with Gasteiger partial charge in [0.05, 0.1) is 0 Å². The molecule has 1 aliphatic heterocycles. The summed E-state index contributed by atoms with van der Waals surface area (Å²) in [5.74, 6) is 0.740. The highest BCUT2D eigenvalue weighted by atomic mass is 15.0. The molecule has 2 aromatic rings. The second kappa shape index (κ2) is 3.38. The van der Waals surface area contributed by atoms with E-state index in [0.29, 0.717) is 6.04 Å². The molecule has 2 atom stereocenters. The van der Waals surface area contributed by atoms with E-state index in [2.05, 4.69) is 47.7 Å². The van der Waals surface area contributed by atoms with Crippen molar-refractivity contribution in [2.45, 2.75) is 19.4 Å². The van der Waals surface area contributed by atoms with Crippen LogP contribution in [0.3, 0.4) is 0 Å². The molecular weight excluding hydrogens is 184 g/mol. The van der Waals surface area contributed by atoms with Gasteiger partial charge < -0.3 is 10.3 Å². The number of hydrogen-bond donors (Lipinski definition) is 2. The number of H-pyrrole nitrogens is 1. The van der Waals surface area contributed by atoms with Gasteiger partial charge in [0.1, 0.15) is 0 Å². The van der Waals surface area contributed by atoms with Crippen LogP contribution in [0.15, 0.2) is 30.5 Å². The van der Waals surface area contributed by atoms with E-state index in [4.69, 9.17) is 0 Å². The summed E-state index contributed by atoms with van der Waals surface area (Å²) in [6, 6.07) is 9.06. The van der Waals surface area contributed by atoms with Crippen LogP contribution < -0.4 is 5.32 Å². The van der Waals surface area contributed by atoms with Crippen molar-refractivity contribution in [2.24, 2.45) is 5.92 Å². The molecule has 0 radical (unpaired) electrons. The molecule has 2 heteroatoms. The lowest BCUT2D eigenvalue weighted by atomic mass is 9.96. The maximum absolute atomic E-state index is 3.58. The Morgan fingerprint density at radius 3 is 2.93 bits per heavy atom. The Morgan fingerprint density at radius 2 is 2.13 bits per heavy atom. The summed E-state index contributed by atoms with van der Waals surface area (Å²) in [5, 5.41) is 4.95. The van der Waals surface area contributed by atoms with E-state index in [1.807, 2.05) is 0 Å². The molecule has 1 aromatic heterocycles. The molecule has 1 aliphatic rings. The predicted octanol–water partition coefficient (Wildman–Crippen LogP) is 2.84. The highest BCUT2D eigenvalue weighted by Gasteiger charge is 2.25. The average molecular weight is 200 g/mol. The van der Waals surface area contributed by atoms with Crippen LogP contribution in [0, 0.1) is 5.92 Å². The van der Waals surface area contributed by atoms with Crippen LogP contribution >= 0.6 is 0 Å². The van der Waals surface area contributed by atoms with E-state index < -0.39 is 0 Å². The van der Waals surface area contributed by atoms with E-state index in [1.165, 1.54) is 22.9 Å². The fourth-order valence-corrected chi connectivity index (χ4v) is 2.60. The topological polar surface area (TPSA) is 27.8 Å². The van der Waals surface area contributed by atoms with Crippen LogP contribution in [0.5, 0.6) is 0 Å². The van der Waals surface area contributed by atoms with Gasteiger partial charge in [-0.15, -0.1) is 0 Å². The van der Waals surface area contributed by atoms with Gasteiger partial charge in [0.15, 0.2) is 0 Å². The molecule has 0 amide bonds. The number of aromatic amines is 1. The lowest BCUT2D eigenvalue weighted by Crippen LogP contribution is -2.15. The summed E-state index contributed by atoms with van der Waals surface area (Å²) in [7, 11) is 0. The third-order valence-corrected chi connectivity index (χ3v) is 3.49. The van der Waals surface area contributed by atoms with Crippen LogP contribution in [0.25, 0.3) is 10.9 Å². The molecule has 15 heavy (non-hydrogen) atoms. The van der Waals surface area contributed by atoms with Crippen molar-refractivity contribution in [3.8, 4) is 0 Å². The minimum absolute atomic E-state index is 0.529. The first-order valence-corrected chi connectivity index (χ1v) is 5.65. The maximum Gasteiger partial charge on any atom is 0.0457 e. The van der Waals surface area contributed by atoms with Crippen molar-refractivity contribution in [2.75, 3.05) is 6.54 Å². The lowest BCUT2D eigenvalue weighted by Gasteiger charge is -2.14. The largest absolute Gasteiger partial charge is 0.361 e. The SMILES string of the molecule is C[C@@H]1CCN[C@H]1c1c[nH]c2ccccc12. The van der Waals surface area contributed by atoms with E-state index in [9.17, 15) is 0 Å². The van der Waals surface area contributed by atoms with Crippen molar-refractivity contribution >= 4 is 10.9 Å². The minimum Gasteiger partial charge on any atom is -0.361 e. The second-order valence-electron chi connectivity index (χ2n) is 4.49. The van der Waals surface area contributed by atoms with Crippen molar-refractivity contribution < 1.29 is 0 Å². The van der Waals surface area contributed by atoms with Gasteiger partial charge in [-0.1, -0.05) is 25.1 Å². The van der Waals surface area contributed by atoms with Gasteiger partial charge in [-0.25, -0.2) is 0 Å². The zero-order valence-electron chi connectivity index (χ0n) is 8.96. The van der Waals surface area contributed by atoms with E-state index in [1.54, 1.807) is 0 Å². The maximum atomic E-state index is 3.58. The average Bonchev–Trinajstić information content (AvgIpc) is 2.83. The highest BCUT2D eigenvalue weighted by Crippen LogP contribution is 2.33. The van der Waals surface area contributed by atoms with Gasteiger partial charge in [0.25, 0.3) is 0 Å². The third-order valence-electron chi connectivity index (χ3n) is 3.49. The third kappa shape index (κ3) is 1.37. The molecule has 0 saturated carbocycles. The molecule has 2 heterocycles. The monoisotopic (exact) mass is 200 g/mol. The normalized spacial score (nSPS) is 26.2. The fraction of sp³-hybridized carbons (Fsp3) is 0.385. The second-order valence-corrected chi connectivity index (χ2v) is 4.49. The summed E-state index contributed by atoms with van der Waals surface area (Å²) >= 11 is 0. The molecule has 1 aromatic carbocycles. The van der Waals surface area contributed by atoms with Gasteiger partial charge in [-0.2, -0.15) is 0 Å². The molecule has 0 unspecified atom stereocenters. The van der Waals surface area contributed by atoms with Crippen LogP contribution in [0.4, 0.5) is 0 Å². The number of para-hydroxylation sites is 1. The summed E-state index contributed by atoms with van der Waals surface area (Å²) in [4.78, 5) is 3.35. The number of rotatable bonds is 1. The Bertz CT molecular complexity index is 472. The van der Waals surface area contributed by atoms with Gasteiger partial charge in [0, 0.05) is 23.1 Å². The first-order chi connectivity index (χ1) is 7.36. The quantitative estimate of drug-likeness (QED) is 0.728. The van der Waals surface area contributed by atoms with Crippen molar-refractivity contribution in [1.82, 2.24) is 10.3 Å². The Balaban J connectivity index is 2.10. The Kier molecular flexibility index (Phi) is 2.03. The smallest absolute Gasteiger partial charge is 0.0457 e. The predicted molar refractivity (Wildman–Crippen MR) is 62.8 cm³/mol. The molecule has 1 fully saturated rings. The van der Waals surface area contributed by atoms with Crippen molar-refractivity contribution in [1.29, 1.82) is 0 Å². The van der Waals surface area contributed by atoms with Crippen molar-refractivity contribution in [3.05, 3.63) is 36.0 Å². The summed E-state index contributed by atoms with van der Waals surface area (Å²) < 4.78 is 0. The number of fused-ring (bicyclic) bond motifs is 1. The molecule has 0 aliphatic carbocycles. The minimum atomic E-state index is 0.529. The number of hydrogen-bond acceptors (Lipinski definition) is 1. The number of benzene rings is 1. The van der Waals surface area contributed by atoms with Gasteiger partial charge in [0.2, 0.25) is 0 Å². The molecule has 2 N–H and O–H groups in total. The number of nitrogens with one attached hydrogen (secondary N) is 2. The summed E-state index contributed by atoms with van der Waals surface area (Å²) in [6.07, 6.45) is 3.44. The number of aromatic nitrogens is 1. The standard InChI is InChI=1S/C13H16N2/c1-9-6-7-14-13(9)11-8-15-12-5-3-2-4-10(11)12/h2-5,8-9,13-15H,6-7H2,1H3/t9-,13-/m1/s1. The molecule has 78 valence electrons. The van der Waals surface area contributed by atoms with E-state index in [-0.39, 0.29) is 0 Å². The first-order valence-electron chi connectivity index (χ1n) is 5.65. The van der Waals surface area contributed by atoms with Crippen LogP contribution in [-0.2, 0) is 0 Å². The van der Waals surface area contributed by atoms with E-state index >= 15 is 0 Å². The zero-order valence-corrected chi connectivity index (χ0v) is 8.96. The van der Waals surface area contributed by atoms with Gasteiger partial charge in [-0.05, 0) is 30.5 Å². The molecule has 1 saturated heterocycles.